The van der Waals surface area contributed by atoms with E-state index in [4.69, 9.17) is 15.3 Å². The van der Waals surface area contributed by atoms with Crippen LogP contribution in [-0.2, 0) is 11.3 Å². The lowest BCUT2D eigenvalue weighted by atomic mass is 9.94. The molecule has 0 saturated carbocycles. The van der Waals surface area contributed by atoms with E-state index in [1.165, 1.54) is 7.11 Å². The molecule has 1 fully saturated rings. The summed E-state index contributed by atoms with van der Waals surface area (Å²) in [4.78, 5) is 25.3. The SMILES string of the molecule is COc1nc(C#N)nc2c1C(C)N(C(=O)CC1CN(c3ccc(C#N)cc3)C1)C2. The highest BCUT2D eigenvalue weighted by atomic mass is 16.5. The summed E-state index contributed by atoms with van der Waals surface area (Å²) < 4.78 is 5.32. The minimum atomic E-state index is -0.185. The van der Waals surface area contributed by atoms with Gasteiger partial charge >= 0.3 is 0 Å². The third-order valence-corrected chi connectivity index (χ3v) is 5.59. The number of hydrogen-bond acceptors (Lipinski definition) is 7. The van der Waals surface area contributed by atoms with E-state index in [9.17, 15) is 4.79 Å². The third kappa shape index (κ3) is 3.34. The van der Waals surface area contributed by atoms with Crippen molar-refractivity contribution in [2.24, 2.45) is 5.92 Å². The molecule has 0 spiro atoms. The smallest absolute Gasteiger partial charge is 0.235 e. The highest BCUT2D eigenvalue weighted by molar-refractivity contribution is 5.78. The summed E-state index contributed by atoms with van der Waals surface area (Å²) in [5, 5.41) is 18.0. The van der Waals surface area contributed by atoms with E-state index in [1.807, 2.05) is 25.1 Å². The van der Waals surface area contributed by atoms with Gasteiger partial charge in [-0.15, -0.1) is 0 Å². The van der Waals surface area contributed by atoms with Crippen molar-refractivity contribution in [2.45, 2.75) is 25.9 Å². The standard InChI is InChI=1S/C21H20N6O2/c1-13-20-17(24-18(9-23)25-21(20)29-2)12-27(13)19(28)7-15-10-26(11-15)16-5-3-14(8-22)4-6-16/h3-6,13,15H,7,10-12H2,1-2H3. The molecule has 8 heteroatoms. The van der Waals surface area contributed by atoms with Crippen LogP contribution in [0.2, 0.25) is 0 Å². The number of nitrogens with zero attached hydrogens (tertiary/aromatic N) is 6. The van der Waals surface area contributed by atoms with Gasteiger partial charge in [0.2, 0.25) is 17.6 Å². The summed E-state index contributed by atoms with van der Waals surface area (Å²) in [6.07, 6.45) is 0.464. The van der Waals surface area contributed by atoms with Gasteiger partial charge in [0.05, 0.1) is 42.6 Å². The number of anilines is 1. The predicted octanol–water partition coefficient (Wildman–Crippen LogP) is 2.16. The molecule has 1 atom stereocenters. The summed E-state index contributed by atoms with van der Waals surface area (Å²) in [7, 11) is 1.51. The number of carbonyl (C=O) groups is 1. The number of amides is 1. The Balaban J connectivity index is 1.39. The normalized spacial score (nSPS) is 17.9. The molecule has 0 bridgehead atoms. The Labute approximate surface area is 169 Å². The molecular formula is C21H20N6O2. The van der Waals surface area contributed by atoms with Gasteiger partial charge in [0.1, 0.15) is 6.07 Å². The van der Waals surface area contributed by atoms with Gasteiger partial charge in [-0.3, -0.25) is 4.79 Å². The number of benzene rings is 1. The second-order valence-electron chi connectivity index (χ2n) is 7.36. The molecule has 2 aliphatic heterocycles. The molecule has 0 radical (unpaired) electrons. The zero-order valence-corrected chi connectivity index (χ0v) is 16.3. The minimum Gasteiger partial charge on any atom is -0.481 e. The number of rotatable bonds is 4. The van der Waals surface area contributed by atoms with Gasteiger partial charge in [-0.25, -0.2) is 4.98 Å². The Hall–Kier alpha value is -3.65. The van der Waals surface area contributed by atoms with Crippen LogP contribution in [0.4, 0.5) is 5.69 Å². The number of fused-ring (bicyclic) bond motifs is 1. The molecule has 1 aromatic heterocycles. The van der Waals surface area contributed by atoms with Gasteiger partial charge < -0.3 is 14.5 Å². The van der Waals surface area contributed by atoms with E-state index in [1.54, 1.807) is 17.0 Å². The first-order valence-electron chi connectivity index (χ1n) is 9.43. The molecule has 4 rings (SSSR count). The number of methoxy groups -OCH3 is 1. The number of ether oxygens (including phenoxy) is 1. The van der Waals surface area contributed by atoms with E-state index < -0.39 is 0 Å². The summed E-state index contributed by atoms with van der Waals surface area (Å²) in [5.74, 6) is 0.779. The first-order chi connectivity index (χ1) is 14.0. The number of hydrogen-bond donors (Lipinski definition) is 0. The average molecular weight is 388 g/mol. The molecule has 2 aromatic rings. The molecule has 1 saturated heterocycles. The Morgan fingerprint density at radius 1 is 1.21 bits per heavy atom. The molecule has 1 unspecified atom stereocenters. The lowest BCUT2D eigenvalue weighted by Gasteiger charge is -2.41. The maximum absolute atomic E-state index is 12.9. The Morgan fingerprint density at radius 2 is 1.93 bits per heavy atom. The first kappa shape index (κ1) is 18.7. The van der Waals surface area contributed by atoms with Crippen molar-refractivity contribution in [3.8, 4) is 18.0 Å². The largest absolute Gasteiger partial charge is 0.481 e. The fourth-order valence-corrected chi connectivity index (χ4v) is 4.02. The van der Waals surface area contributed by atoms with E-state index in [0.29, 0.717) is 30.1 Å². The molecule has 2 aliphatic rings. The summed E-state index contributed by atoms with van der Waals surface area (Å²) in [6.45, 7) is 3.93. The number of nitriles is 2. The molecule has 3 heterocycles. The van der Waals surface area contributed by atoms with Crippen LogP contribution in [0.25, 0.3) is 0 Å². The van der Waals surface area contributed by atoms with Gasteiger partial charge in [-0.05, 0) is 31.2 Å². The fraction of sp³-hybridized carbons (Fsp3) is 0.381. The van der Waals surface area contributed by atoms with Crippen molar-refractivity contribution in [3.63, 3.8) is 0 Å². The van der Waals surface area contributed by atoms with Gasteiger partial charge in [-0.2, -0.15) is 15.5 Å². The van der Waals surface area contributed by atoms with Crippen molar-refractivity contribution < 1.29 is 9.53 Å². The molecule has 1 amide bonds. The molecule has 8 nitrogen and oxygen atoms in total. The molecule has 146 valence electrons. The molecular weight excluding hydrogens is 368 g/mol. The summed E-state index contributed by atoms with van der Waals surface area (Å²) in [5.41, 5.74) is 3.18. The zero-order chi connectivity index (χ0) is 20.5. The summed E-state index contributed by atoms with van der Waals surface area (Å²) >= 11 is 0. The predicted molar refractivity (Wildman–Crippen MR) is 104 cm³/mol. The topological polar surface area (TPSA) is 106 Å². The second kappa shape index (κ2) is 7.40. The first-order valence-corrected chi connectivity index (χ1v) is 9.43. The van der Waals surface area contributed by atoms with Crippen molar-refractivity contribution in [1.82, 2.24) is 14.9 Å². The zero-order valence-electron chi connectivity index (χ0n) is 16.3. The Morgan fingerprint density at radius 3 is 2.55 bits per heavy atom. The van der Waals surface area contributed by atoms with E-state index in [-0.39, 0.29) is 23.7 Å². The molecule has 1 aromatic carbocycles. The van der Waals surface area contributed by atoms with Crippen LogP contribution in [0, 0.1) is 28.6 Å². The average Bonchev–Trinajstić information content (AvgIpc) is 3.06. The third-order valence-electron chi connectivity index (χ3n) is 5.59. The van der Waals surface area contributed by atoms with Crippen LogP contribution in [0.15, 0.2) is 24.3 Å². The van der Waals surface area contributed by atoms with Crippen LogP contribution in [0.1, 0.15) is 42.0 Å². The quantitative estimate of drug-likeness (QED) is 0.790. The Bertz CT molecular complexity index is 1030. The fourth-order valence-electron chi connectivity index (χ4n) is 4.02. The monoisotopic (exact) mass is 388 g/mol. The van der Waals surface area contributed by atoms with Crippen molar-refractivity contribution in [3.05, 3.63) is 46.9 Å². The Kier molecular flexibility index (Phi) is 4.77. The molecule has 29 heavy (non-hydrogen) atoms. The van der Waals surface area contributed by atoms with Gasteiger partial charge in [0, 0.05) is 31.1 Å². The van der Waals surface area contributed by atoms with Crippen LogP contribution in [0.3, 0.4) is 0 Å². The maximum atomic E-state index is 12.9. The molecule has 0 N–H and O–H groups in total. The van der Waals surface area contributed by atoms with Crippen LogP contribution in [0.5, 0.6) is 5.88 Å². The lowest BCUT2D eigenvalue weighted by molar-refractivity contribution is -0.134. The van der Waals surface area contributed by atoms with Gasteiger partial charge in [0.25, 0.3) is 0 Å². The highest BCUT2D eigenvalue weighted by Crippen LogP contribution is 2.38. The van der Waals surface area contributed by atoms with Gasteiger partial charge in [-0.1, -0.05) is 0 Å². The molecule has 0 aliphatic carbocycles. The van der Waals surface area contributed by atoms with Crippen LogP contribution < -0.4 is 9.64 Å². The van der Waals surface area contributed by atoms with Crippen molar-refractivity contribution in [2.75, 3.05) is 25.1 Å². The van der Waals surface area contributed by atoms with Crippen LogP contribution >= 0.6 is 0 Å². The minimum absolute atomic E-state index is 0.0548. The van der Waals surface area contributed by atoms with Crippen molar-refractivity contribution in [1.29, 1.82) is 10.5 Å². The maximum Gasteiger partial charge on any atom is 0.235 e. The van der Waals surface area contributed by atoms with E-state index in [0.717, 1.165) is 24.3 Å². The highest BCUT2D eigenvalue weighted by Gasteiger charge is 2.38. The van der Waals surface area contributed by atoms with Crippen molar-refractivity contribution >= 4 is 11.6 Å². The van der Waals surface area contributed by atoms with E-state index >= 15 is 0 Å². The van der Waals surface area contributed by atoms with E-state index in [2.05, 4.69) is 20.9 Å². The number of carbonyl (C=O) groups excluding carboxylic acids is 1. The lowest BCUT2D eigenvalue weighted by Crippen LogP contribution is -2.48. The summed E-state index contributed by atoms with van der Waals surface area (Å²) in [6, 6.07) is 11.4. The van der Waals surface area contributed by atoms with Crippen LogP contribution in [-0.4, -0.2) is 41.0 Å². The van der Waals surface area contributed by atoms with Gasteiger partial charge in [0.15, 0.2) is 0 Å². The number of aromatic nitrogens is 2. The second-order valence-corrected chi connectivity index (χ2v) is 7.36.